The third kappa shape index (κ3) is 3.79. The highest BCUT2D eigenvalue weighted by Crippen LogP contribution is 2.32. The normalized spacial score (nSPS) is 16.6. The van der Waals surface area contributed by atoms with Crippen molar-refractivity contribution in [1.29, 1.82) is 5.26 Å². The Morgan fingerprint density at radius 1 is 1.31 bits per heavy atom. The highest BCUT2D eigenvalue weighted by molar-refractivity contribution is 5.81. The maximum atomic E-state index is 13.0. The van der Waals surface area contributed by atoms with Gasteiger partial charge in [0, 0.05) is 13.1 Å². The van der Waals surface area contributed by atoms with E-state index in [1.807, 2.05) is 6.07 Å². The standard InChI is InChI=1S/C15H16F4N4O3/c1-26-14(25)15(8-20)2-4-22(5-3-15)11(24)7-23-10(13(18)19)6-9(21-23)12(16)17/h6,12-13H,2-5,7H2,1H3. The number of nitriles is 1. The first-order valence-electron chi connectivity index (χ1n) is 7.65. The van der Waals surface area contributed by atoms with E-state index in [-0.39, 0.29) is 25.9 Å². The third-order valence-electron chi connectivity index (χ3n) is 4.32. The second-order valence-electron chi connectivity index (χ2n) is 5.82. The number of likely N-dealkylation sites (tertiary alicyclic amines) is 1. The molecule has 0 atom stereocenters. The molecular weight excluding hydrogens is 360 g/mol. The van der Waals surface area contributed by atoms with Gasteiger partial charge in [-0.05, 0) is 18.9 Å². The average Bonchev–Trinajstić information content (AvgIpc) is 3.05. The summed E-state index contributed by atoms with van der Waals surface area (Å²) in [6, 6.07) is 2.47. The van der Waals surface area contributed by atoms with E-state index in [2.05, 4.69) is 9.84 Å². The van der Waals surface area contributed by atoms with Crippen LogP contribution in [-0.2, 0) is 20.9 Å². The first-order chi connectivity index (χ1) is 12.2. The molecule has 1 aromatic heterocycles. The smallest absolute Gasteiger partial charge is 0.326 e. The van der Waals surface area contributed by atoms with Crippen LogP contribution in [0, 0.1) is 16.7 Å². The molecule has 1 fully saturated rings. The minimum Gasteiger partial charge on any atom is -0.468 e. The maximum Gasteiger partial charge on any atom is 0.326 e. The van der Waals surface area contributed by atoms with E-state index >= 15 is 0 Å². The van der Waals surface area contributed by atoms with Crippen molar-refractivity contribution in [2.75, 3.05) is 20.2 Å². The zero-order valence-corrected chi connectivity index (χ0v) is 13.8. The Labute approximate surface area is 146 Å². The number of hydrogen-bond donors (Lipinski definition) is 0. The zero-order valence-electron chi connectivity index (χ0n) is 13.8. The van der Waals surface area contributed by atoms with Crippen LogP contribution in [-0.4, -0.2) is 46.8 Å². The molecule has 7 nitrogen and oxygen atoms in total. The number of piperidine rings is 1. The SMILES string of the molecule is COC(=O)C1(C#N)CCN(C(=O)Cn2nc(C(F)F)cc2C(F)F)CC1. The van der Waals surface area contributed by atoms with Crippen molar-refractivity contribution in [3.8, 4) is 6.07 Å². The number of rotatable bonds is 5. The van der Waals surface area contributed by atoms with Crippen molar-refractivity contribution in [2.45, 2.75) is 32.2 Å². The molecule has 0 spiro atoms. The summed E-state index contributed by atoms with van der Waals surface area (Å²) in [5.41, 5.74) is -2.96. The average molecular weight is 376 g/mol. The van der Waals surface area contributed by atoms with E-state index < -0.39 is 48.1 Å². The van der Waals surface area contributed by atoms with Gasteiger partial charge in [-0.1, -0.05) is 0 Å². The lowest BCUT2D eigenvalue weighted by atomic mass is 9.80. The van der Waals surface area contributed by atoms with Gasteiger partial charge in [0.1, 0.15) is 17.9 Å². The molecule has 0 aliphatic carbocycles. The highest BCUT2D eigenvalue weighted by Gasteiger charge is 2.43. The molecule has 142 valence electrons. The van der Waals surface area contributed by atoms with Gasteiger partial charge in [0.05, 0.1) is 13.2 Å². The number of ether oxygens (including phenoxy) is 1. The van der Waals surface area contributed by atoms with Crippen LogP contribution in [0.4, 0.5) is 17.6 Å². The van der Waals surface area contributed by atoms with E-state index in [1.54, 1.807) is 0 Å². The molecule has 1 aliphatic rings. The molecule has 1 saturated heterocycles. The predicted octanol–water partition coefficient (Wildman–Crippen LogP) is 2.06. The fourth-order valence-corrected chi connectivity index (χ4v) is 2.78. The van der Waals surface area contributed by atoms with Crippen LogP contribution in [0.25, 0.3) is 0 Å². The van der Waals surface area contributed by atoms with E-state index in [4.69, 9.17) is 0 Å². The lowest BCUT2D eigenvalue weighted by molar-refractivity contribution is -0.153. The minimum atomic E-state index is -3.06. The Morgan fingerprint density at radius 2 is 1.92 bits per heavy atom. The summed E-state index contributed by atoms with van der Waals surface area (Å²) < 4.78 is 56.4. The van der Waals surface area contributed by atoms with E-state index in [1.165, 1.54) is 4.90 Å². The summed E-state index contributed by atoms with van der Waals surface area (Å²) in [5.74, 6) is -1.31. The summed E-state index contributed by atoms with van der Waals surface area (Å²) in [6.07, 6.45) is -6.03. The molecule has 0 unspecified atom stereocenters. The monoisotopic (exact) mass is 376 g/mol. The second kappa shape index (κ2) is 7.72. The summed E-state index contributed by atoms with van der Waals surface area (Å²) in [6.45, 7) is -0.562. The number of methoxy groups -OCH3 is 1. The summed E-state index contributed by atoms with van der Waals surface area (Å²) in [7, 11) is 1.16. The van der Waals surface area contributed by atoms with Gasteiger partial charge in [-0.15, -0.1) is 0 Å². The molecule has 0 aromatic carbocycles. The van der Waals surface area contributed by atoms with Crippen LogP contribution in [0.5, 0.6) is 0 Å². The number of carbonyl (C=O) groups is 2. The quantitative estimate of drug-likeness (QED) is 0.580. The first kappa shape index (κ1) is 19.7. The summed E-state index contributed by atoms with van der Waals surface area (Å²) in [5, 5.41) is 12.6. The van der Waals surface area contributed by atoms with Gasteiger partial charge in [-0.2, -0.15) is 10.4 Å². The first-order valence-corrected chi connectivity index (χ1v) is 7.65. The van der Waals surface area contributed by atoms with Crippen molar-refractivity contribution in [1.82, 2.24) is 14.7 Å². The zero-order chi connectivity index (χ0) is 19.5. The Balaban J connectivity index is 2.08. The van der Waals surface area contributed by atoms with Crippen LogP contribution in [0.3, 0.4) is 0 Å². The highest BCUT2D eigenvalue weighted by atomic mass is 19.3. The van der Waals surface area contributed by atoms with Gasteiger partial charge in [0.2, 0.25) is 5.91 Å². The van der Waals surface area contributed by atoms with Gasteiger partial charge in [0.15, 0.2) is 5.41 Å². The van der Waals surface area contributed by atoms with Crippen LogP contribution in [0.2, 0.25) is 0 Å². The maximum absolute atomic E-state index is 13.0. The topological polar surface area (TPSA) is 88.2 Å². The van der Waals surface area contributed by atoms with E-state index in [0.29, 0.717) is 10.7 Å². The Kier molecular flexibility index (Phi) is 5.84. The molecule has 0 radical (unpaired) electrons. The molecule has 0 N–H and O–H groups in total. The molecule has 2 heterocycles. The number of amides is 1. The Morgan fingerprint density at radius 3 is 2.38 bits per heavy atom. The van der Waals surface area contributed by atoms with Crippen LogP contribution in [0.15, 0.2) is 6.07 Å². The van der Waals surface area contributed by atoms with Crippen LogP contribution < -0.4 is 0 Å². The van der Waals surface area contributed by atoms with E-state index in [9.17, 15) is 32.4 Å². The second-order valence-corrected chi connectivity index (χ2v) is 5.82. The molecule has 1 aromatic rings. The number of aromatic nitrogens is 2. The van der Waals surface area contributed by atoms with Gasteiger partial charge in [-0.25, -0.2) is 17.6 Å². The molecule has 0 bridgehead atoms. The van der Waals surface area contributed by atoms with Crippen LogP contribution >= 0.6 is 0 Å². The number of carbonyl (C=O) groups excluding carboxylic acids is 2. The Bertz CT molecular complexity index is 721. The Hall–Kier alpha value is -2.64. The number of alkyl halides is 4. The van der Waals surface area contributed by atoms with Crippen molar-refractivity contribution in [3.63, 3.8) is 0 Å². The van der Waals surface area contributed by atoms with Crippen molar-refractivity contribution in [2.24, 2.45) is 5.41 Å². The van der Waals surface area contributed by atoms with Crippen LogP contribution in [0.1, 0.15) is 37.1 Å². The lowest BCUT2D eigenvalue weighted by Gasteiger charge is -2.35. The molecular formula is C15H16F4N4O3. The summed E-state index contributed by atoms with van der Waals surface area (Å²) in [4.78, 5) is 25.3. The third-order valence-corrected chi connectivity index (χ3v) is 4.32. The largest absolute Gasteiger partial charge is 0.468 e. The molecule has 2 rings (SSSR count). The fourth-order valence-electron chi connectivity index (χ4n) is 2.78. The number of nitrogens with zero attached hydrogens (tertiary/aromatic N) is 4. The molecule has 11 heteroatoms. The molecule has 0 saturated carbocycles. The minimum absolute atomic E-state index is 0.0327. The number of esters is 1. The van der Waals surface area contributed by atoms with Crippen molar-refractivity contribution < 1.29 is 31.9 Å². The van der Waals surface area contributed by atoms with Crippen molar-refractivity contribution in [3.05, 3.63) is 17.5 Å². The molecule has 1 amide bonds. The van der Waals surface area contributed by atoms with Gasteiger partial charge >= 0.3 is 5.97 Å². The lowest BCUT2D eigenvalue weighted by Crippen LogP contribution is -2.47. The molecule has 26 heavy (non-hydrogen) atoms. The fraction of sp³-hybridized carbons (Fsp3) is 0.600. The summed E-state index contributed by atoms with van der Waals surface area (Å²) >= 11 is 0. The van der Waals surface area contributed by atoms with Gasteiger partial charge in [0.25, 0.3) is 12.9 Å². The van der Waals surface area contributed by atoms with Gasteiger partial charge < -0.3 is 9.64 Å². The predicted molar refractivity (Wildman–Crippen MR) is 78.0 cm³/mol. The molecule has 1 aliphatic heterocycles. The number of halogens is 4. The number of hydrogen-bond acceptors (Lipinski definition) is 5. The van der Waals surface area contributed by atoms with Crippen molar-refractivity contribution >= 4 is 11.9 Å². The van der Waals surface area contributed by atoms with E-state index in [0.717, 1.165) is 7.11 Å². The van der Waals surface area contributed by atoms with Gasteiger partial charge in [-0.3, -0.25) is 14.3 Å².